The Labute approximate surface area is 114 Å². The summed E-state index contributed by atoms with van der Waals surface area (Å²) in [6.07, 6.45) is 2.98. The Balaban J connectivity index is 2.60. The van der Waals surface area contributed by atoms with E-state index in [0.29, 0.717) is 4.90 Å². The predicted octanol–water partition coefficient (Wildman–Crippen LogP) is 3.28. The normalized spacial score (nSPS) is 11.8. The van der Waals surface area contributed by atoms with E-state index in [1.165, 1.54) is 6.26 Å². The summed E-state index contributed by atoms with van der Waals surface area (Å²) in [4.78, 5) is 4.73. The topological polar surface area (TPSA) is 47.0 Å². The largest absolute Gasteiger partial charge is 0.260 e. The zero-order valence-electron chi connectivity index (χ0n) is 11.3. The first-order chi connectivity index (χ1) is 8.89. The number of aromatic nitrogens is 1. The van der Waals surface area contributed by atoms with E-state index in [1.807, 2.05) is 18.2 Å². The minimum Gasteiger partial charge on any atom is -0.260 e. The molecule has 0 aliphatic carbocycles. The Morgan fingerprint density at radius 1 is 1.11 bits per heavy atom. The summed E-state index contributed by atoms with van der Waals surface area (Å²) in [5, 5.41) is 0. The maximum Gasteiger partial charge on any atom is 0.175 e. The molecule has 1 aromatic carbocycles. The van der Waals surface area contributed by atoms with E-state index in [1.54, 1.807) is 24.4 Å². The standard InChI is InChI=1S/C15H17NO2S/c1-11(2)15-14(8-5-9-16-15)12-6-4-7-13(10-12)19(3,17)18/h4-11H,1-3H3. The van der Waals surface area contributed by atoms with Gasteiger partial charge in [0, 0.05) is 18.0 Å². The Morgan fingerprint density at radius 3 is 2.47 bits per heavy atom. The summed E-state index contributed by atoms with van der Waals surface area (Å²) >= 11 is 0. The average Bonchev–Trinajstić information content (AvgIpc) is 2.38. The number of rotatable bonds is 3. The third-order valence-electron chi connectivity index (χ3n) is 2.96. The molecule has 0 saturated carbocycles. The predicted molar refractivity (Wildman–Crippen MR) is 76.9 cm³/mol. The Morgan fingerprint density at radius 2 is 1.84 bits per heavy atom. The first-order valence-corrected chi connectivity index (χ1v) is 8.04. The number of benzene rings is 1. The molecule has 0 aliphatic heterocycles. The molecule has 3 nitrogen and oxygen atoms in total. The SMILES string of the molecule is CC(C)c1ncccc1-c1cccc(S(C)(=O)=O)c1. The molecule has 0 N–H and O–H groups in total. The molecule has 0 amide bonds. The number of sulfone groups is 1. The molecular formula is C15H17NO2S. The van der Waals surface area contributed by atoms with Crippen LogP contribution in [-0.2, 0) is 9.84 Å². The van der Waals surface area contributed by atoms with Gasteiger partial charge in [0.1, 0.15) is 0 Å². The van der Waals surface area contributed by atoms with Gasteiger partial charge in [-0.2, -0.15) is 0 Å². The van der Waals surface area contributed by atoms with E-state index in [0.717, 1.165) is 16.8 Å². The molecule has 0 aliphatic rings. The minimum atomic E-state index is -3.19. The molecule has 2 aromatic rings. The van der Waals surface area contributed by atoms with Crippen LogP contribution in [-0.4, -0.2) is 19.7 Å². The van der Waals surface area contributed by atoms with Gasteiger partial charge in [-0.1, -0.05) is 32.0 Å². The van der Waals surface area contributed by atoms with E-state index < -0.39 is 9.84 Å². The van der Waals surface area contributed by atoms with Gasteiger partial charge in [-0.25, -0.2) is 8.42 Å². The van der Waals surface area contributed by atoms with Crippen LogP contribution in [0, 0.1) is 0 Å². The molecule has 0 radical (unpaired) electrons. The van der Waals surface area contributed by atoms with E-state index >= 15 is 0 Å². The summed E-state index contributed by atoms with van der Waals surface area (Å²) < 4.78 is 23.2. The molecule has 100 valence electrons. The van der Waals surface area contributed by atoms with Gasteiger partial charge in [0.2, 0.25) is 0 Å². The fourth-order valence-electron chi connectivity index (χ4n) is 2.02. The van der Waals surface area contributed by atoms with Crippen LogP contribution in [0.3, 0.4) is 0 Å². The van der Waals surface area contributed by atoms with Crippen molar-refractivity contribution < 1.29 is 8.42 Å². The lowest BCUT2D eigenvalue weighted by atomic mass is 9.98. The van der Waals surface area contributed by atoms with E-state index in [4.69, 9.17) is 0 Å². The maximum atomic E-state index is 11.6. The van der Waals surface area contributed by atoms with Gasteiger partial charge in [0.05, 0.1) is 10.6 Å². The van der Waals surface area contributed by atoms with E-state index in [9.17, 15) is 8.42 Å². The number of hydrogen-bond donors (Lipinski definition) is 0. The highest BCUT2D eigenvalue weighted by Crippen LogP contribution is 2.28. The second-order valence-corrected chi connectivity index (χ2v) is 6.91. The second-order valence-electron chi connectivity index (χ2n) is 4.89. The third kappa shape index (κ3) is 3.01. The molecule has 0 saturated heterocycles. The minimum absolute atomic E-state index is 0.290. The molecule has 1 aromatic heterocycles. The summed E-state index contributed by atoms with van der Waals surface area (Å²) in [7, 11) is -3.19. The highest BCUT2D eigenvalue weighted by atomic mass is 32.2. The van der Waals surface area contributed by atoms with Crippen molar-refractivity contribution in [2.75, 3.05) is 6.26 Å². The third-order valence-corrected chi connectivity index (χ3v) is 4.07. The van der Waals surface area contributed by atoms with Crippen molar-refractivity contribution in [2.24, 2.45) is 0 Å². The van der Waals surface area contributed by atoms with Gasteiger partial charge in [-0.05, 0) is 29.7 Å². The van der Waals surface area contributed by atoms with Crippen LogP contribution in [0.25, 0.3) is 11.1 Å². The summed E-state index contributed by atoms with van der Waals surface area (Å²) in [6.45, 7) is 4.15. The molecule has 0 spiro atoms. The van der Waals surface area contributed by atoms with Crippen molar-refractivity contribution in [1.29, 1.82) is 0 Å². The van der Waals surface area contributed by atoms with E-state index in [-0.39, 0.29) is 5.92 Å². The Hall–Kier alpha value is -1.68. The van der Waals surface area contributed by atoms with Crippen molar-refractivity contribution in [1.82, 2.24) is 4.98 Å². The second kappa shape index (κ2) is 5.13. The molecule has 0 fully saturated rings. The smallest absolute Gasteiger partial charge is 0.175 e. The van der Waals surface area contributed by atoms with Gasteiger partial charge in [0.25, 0.3) is 0 Å². The van der Waals surface area contributed by atoms with Crippen molar-refractivity contribution in [3.63, 3.8) is 0 Å². The maximum absolute atomic E-state index is 11.6. The van der Waals surface area contributed by atoms with Crippen molar-refractivity contribution in [2.45, 2.75) is 24.7 Å². The lowest BCUT2D eigenvalue weighted by molar-refractivity contribution is 0.602. The molecule has 19 heavy (non-hydrogen) atoms. The summed E-state index contributed by atoms with van der Waals surface area (Å²) in [5.74, 6) is 0.290. The summed E-state index contributed by atoms with van der Waals surface area (Å²) in [5.41, 5.74) is 2.86. The monoisotopic (exact) mass is 275 g/mol. The van der Waals surface area contributed by atoms with Crippen LogP contribution in [0.15, 0.2) is 47.5 Å². The van der Waals surface area contributed by atoms with Gasteiger partial charge in [-0.3, -0.25) is 4.98 Å². The Bertz CT molecular complexity index is 691. The van der Waals surface area contributed by atoms with Gasteiger partial charge in [-0.15, -0.1) is 0 Å². The van der Waals surface area contributed by atoms with Crippen LogP contribution < -0.4 is 0 Å². The molecule has 2 rings (SSSR count). The highest BCUT2D eigenvalue weighted by molar-refractivity contribution is 7.90. The highest BCUT2D eigenvalue weighted by Gasteiger charge is 2.12. The van der Waals surface area contributed by atoms with Crippen LogP contribution in [0.5, 0.6) is 0 Å². The van der Waals surface area contributed by atoms with E-state index in [2.05, 4.69) is 18.8 Å². The fraction of sp³-hybridized carbons (Fsp3) is 0.267. The molecule has 1 heterocycles. The molecule has 4 heteroatoms. The molecular weight excluding hydrogens is 258 g/mol. The van der Waals surface area contributed by atoms with Crippen LogP contribution in [0.4, 0.5) is 0 Å². The number of pyridine rings is 1. The van der Waals surface area contributed by atoms with Crippen LogP contribution in [0.2, 0.25) is 0 Å². The van der Waals surface area contributed by atoms with Crippen LogP contribution >= 0.6 is 0 Å². The van der Waals surface area contributed by atoms with Gasteiger partial charge in [0.15, 0.2) is 9.84 Å². The van der Waals surface area contributed by atoms with Crippen LogP contribution in [0.1, 0.15) is 25.5 Å². The lowest BCUT2D eigenvalue weighted by Gasteiger charge is -2.12. The number of hydrogen-bond acceptors (Lipinski definition) is 3. The zero-order chi connectivity index (χ0) is 14.0. The van der Waals surface area contributed by atoms with Gasteiger partial charge >= 0.3 is 0 Å². The first-order valence-electron chi connectivity index (χ1n) is 6.15. The van der Waals surface area contributed by atoms with Gasteiger partial charge < -0.3 is 0 Å². The summed E-state index contributed by atoms with van der Waals surface area (Å²) in [6, 6.07) is 10.8. The lowest BCUT2D eigenvalue weighted by Crippen LogP contribution is -1.99. The van der Waals surface area contributed by atoms with Crippen molar-refractivity contribution >= 4 is 9.84 Å². The van der Waals surface area contributed by atoms with Crippen molar-refractivity contribution in [3.05, 3.63) is 48.3 Å². The quantitative estimate of drug-likeness (QED) is 0.863. The molecule has 0 unspecified atom stereocenters. The number of nitrogens with zero attached hydrogens (tertiary/aromatic N) is 1. The first kappa shape index (κ1) is 13.7. The molecule has 0 atom stereocenters. The van der Waals surface area contributed by atoms with Crippen molar-refractivity contribution in [3.8, 4) is 11.1 Å². The average molecular weight is 275 g/mol. The Kier molecular flexibility index (Phi) is 3.71. The fourth-order valence-corrected chi connectivity index (χ4v) is 2.68. The molecule has 0 bridgehead atoms. The zero-order valence-corrected chi connectivity index (χ0v) is 12.1.